The van der Waals surface area contributed by atoms with E-state index < -0.39 is 6.10 Å². The van der Waals surface area contributed by atoms with E-state index in [0.717, 1.165) is 36.7 Å². The van der Waals surface area contributed by atoms with Gasteiger partial charge in [0.15, 0.2) is 17.9 Å². The molecule has 5 heterocycles. The lowest BCUT2D eigenvalue weighted by molar-refractivity contribution is -0.134. The Morgan fingerprint density at radius 1 is 1.09 bits per heavy atom. The summed E-state index contributed by atoms with van der Waals surface area (Å²) in [4.78, 5) is 45.4. The number of amides is 1. The number of anilines is 2. The number of β-amino-alcohol motifs (C(OH)–C–C–N with tert-alkyl or cyclic N) is 1. The molecule has 2 aromatic heterocycles. The normalized spacial score (nSPS) is 17.7. The lowest BCUT2D eigenvalue weighted by Gasteiger charge is -2.36. The molecule has 0 radical (unpaired) electrons. The third kappa shape index (κ3) is 8.27. The topological polar surface area (TPSA) is 146 Å². The van der Waals surface area contributed by atoms with Crippen molar-refractivity contribution < 1.29 is 28.6 Å². The summed E-state index contributed by atoms with van der Waals surface area (Å²) in [7, 11) is 0. The fourth-order valence-electron chi connectivity index (χ4n) is 6.08. The summed E-state index contributed by atoms with van der Waals surface area (Å²) in [5.74, 6) is 2.54. The van der Waals surface area contributed by atoms with E-state index >= 15 is 0 Å². The molecule has 0 spiro atoms. The number of nitrogens with one attached hydrogen (secondary N) is 1. The monoisotopic (exact) mass is 647 g/mol. The number of hydrogen-bond acceptors (Lipinski definition) is 12. The zero-order valence-corrected chi connectivity index (χ0v) is 27.5. The summed E-state index contributed by atoms with van der Waals surface area (Å²) >= 11 is 0. The van der Waals surface area contributed by atoms with E-state index in [-0.39, 0.29) is 30.1 Å². The lowest BCUT2D eigenvalue weighted by Crippen LogP contribution is -2.50. The Bertz CT molecular complexity index is 1550. The molecule has 3 aromatic rings. The first-order chi connectivity index (χ1) is 22.7. The first-order valence-corrected chi connectivity index (χ1v) is 16.6. The van der Waals surface area contributed by atoms with Crippen molar-refractivity contribution in [1.29, 1.82) is 0 Å². The van der Waals surface area contributed by atoms with Crippen molar-refractivity contribution in [3.8, 4) is 5.75 Å². The molecule has 0 bridgehead atoms. The Kier molecular flexibility index (Phi) is 10.3. The van der Waals surface area contributed by atoms with Gasteiger partial charge in [0.25, 0.3) is 0 Å². The molecule has 13 heteroatoms. The van der Waals surface area contributed by atoms with E-state index in [9.17, 15) is 14.7 Å². The molecule has 3 aliphatic heterocycles. The van der Waals surface area contributed by atoms with Crippen molar-refractivity contribution in [1.82, 2.24) is 24.8 Å². The van der Waals surface area contributed by atoms with Gasteiger partial charge in [-0.2, -0.15) is 4.98 Å². The molecule has 6 rings (SSSR count). The minimum atomic E-state index is -0.647. The quantitative estimate of drug-likeness (QED) is 0.263. The number of benzene rings is 1. The maximum absolute atomic E-state index is 13.4. The molecule has 0 saturated carbocycles. The number of aliphatic hydroxyl groups is 1. The van der Waals surface area contributed by atoms with Gasteiger partial charge in [-0.25, -0.2) is 9.97 Å². The van der Waals surface area contributed by atoms with Gasteiger partial charge < -0.3 is 34.1 Å². The molecule has 2 saturated heterocycles. The zero-order chi connectivity index (χ0) is 32.9. The van der Waals surface area contributed by atoms with Gasteiger partial charge in [0, 0.05) is 64.2 Å². The van der Waals surface area contributed by atoms with Gasteiger partial charge in [-0.3, -0.25) is 14.5 Å². The predicted octanol–water partition coefficient (Wildman–Crippen LogP) is 2.85. The summed E-state index contributed by atoms with van der Waals surface area (Å²) in [5.41, 5.74) is 3.60. The SMILES string of the molecule is Cc1ncoc1COc1ccc2c(c1)CCN(C[C@@H](O)CCC(=O)c1cc(NC3COC3)nc(N3CCN(C(=O)C(C)C)CC3)n1)C2. The van der Waals surface area contributed by atoms with Crippen LogP contribution in [0.2, 0.25) is 0 Å². The first kappa shape index (κ1) is 32.9. The molecular weight excluding hydrogens is 602 g/mol. The summed E-state index contributed by atoms with van der Waals surface area (Å²) in [6, 6.07) is 7.96. The van der Waals surface area contributed by atoms with Gasteiger partial charge in [0.1, 0.15) is 23.9 Å². The fraction of sp³-hybridized carbons (Fsp3) is 0.559. The predicted molar refractivity (Wildman–Crippen MR) is 174 cm³/mol. The molecule has 252 valence electrons. The molecule has 0 aliphatic carbocycles. The zero-order valence-electron chi connectivity index (χ0n) is 27.5. The van der Waals surface area contributed by atoms with Crippen LogP contribution in [-0.2, 0) is 29.1 Å². The minimum absolute atomic E-state index is 0.0463. The number of aromatic nitrogens is 3. The van der Waals surface area contributed by atoms with Gasteiger partial charge in [0.2, 0.25) is 11.9 Å². The van der Waals surface area contributed by atoms with Crippen LogP contribution in [0.25, 0.3) is 0 Å². The van der Waals surface area contributed by atoms with Crippen LogP contribution in [0.4, 0.5) is 11.8 Å². The second kappa shape index (κ2) is 14.8. The highest BCUT2D eigenvalue weighted by molar-refractivity contribution is 5.95. The van der Waals surface area contributed by atoms with E-state index in [2.05, 4.69) is 32.3 Å². The summed E-state index contributed by atoms with van der Waals surface area (Å²) in [5, 5.41) is 14.3. The second-order valence-electron chi connectivity index (χ2n) is 13.0. The third-order valence-corrected chi connectivity index (χ3v) is 9.02. The number of carbonyl (C=O) groups excluding carboxylic acids is 2. The lowest BCUT2D eigenvalue weighted by atomic mass is 9.98. The van der Waals surface area contributed by atoms with Crippen molar-refractivity contribution in [3.05, 3.63) is 58.9 Å². The van der Waals surface area contributed by atoms with Crippen LogP contribution in [0.3, 0.4) is 0 Å². The molecule has 0 unspecified atom stereocenters. The number of rotatable bonds is 13. The maximum atomic E-state index is 13.4. The van der Waals surface area contributed by atoms with E-state index in [4.69, 9.17) is 18.9 Å². The number of hydrogen-bond donors (Lipinski definition) is 2. The minimum Gasteiger partial charge on any atom is -0.486 e. The fourth-order valence-corrected chi connectivity index (χ4v) is 6.08. The summed E-state index contributed by atoms with van der Waals surface area (Å²) in [6.07, 6.45) is 2.15. The standard InChI is InChI=1S/C34H45N7O6/c1-22(2)33(44)40-10-12-41(13-11-40)34-37-29(15-32(38-34)36-26-18-45-19-26)30(43)7-5-27(42)17-39-9-8-24-14-28(6-4-25(24)16-39)46-20-31-23(3)35-21-47-31/h4,6,14-15,21-22,26-27,42H,5,7-13,16-20H2,1-3H3,(H,36,37,38)/t27-/m0/s1. The van der Waals surface area contributed by atoms with Crippen LogP contribution in [0.5, 0.6) is 5.75 Å². The van der Waals surface area contributed by atoms with Gasteiger partial charge in [-0.05, 0) is 43.0 Å². The molecule has 1 amide bonds. The van der Waals surface area contributed by atoms with E-state index in [0.29, 0.717) is 76.4 Å². The number of Topliss-reactive ketones (excluding diaryl/α,β-unsaturated/α-hetero) is 1. The van der Waals surface area contributed by atoms with E-state index in [1.54, 1.807) is 6.07 Å². The number of nitrogens with zero attached hydrogens (tertiary/aromatic N) is 6. The number of carbonyl (C=O) groups is 2. The van der Waals surface area contributed by atoms with Crippen molar-refractivity contribution in [2.75, 3.05) is 62.7 Å². The number of piperazine rings is 1. The van der Waals surface area contributed by atoms with E-state index in [1.807, 2.05) is 36.6 Å². The Balaban J connectivity index is 1.02. The molecule has 47 heavy (non-hydrogen) atoms. The van der Waals surface area contributed by atoms with Crippen molar-refractivity contribution >= 4 is 23.5 Å². The molecule has 2 fully saturated rings. The van der Waals surface area contributed by atoms with Gasteiger partial charge in [-0.1, -0.05) is 19.9 Å². The highest BCUT2D eigenvalue weighted by atomic mass is 16.5. The summed E-state index contributed by atoms with van der Waals surface area (Å²) in [6.45, 7) is 11.6. The van der Waals surface area contributed by atoms with Crippen molar-refractivity contribution in [2.24, 2.45) is 5.92 Å². The molecule has 13 nitrogen and oxygen atoms in total. The van der Waals surface area contributed by atoms with Crippen LogP contribution in [0, 0.1) is 12.8 Å². The number of aryl methyl sites for hydroxylation is 1. The Morgan fingerprint density at radius 3 is 2.60 bits per heavy atom. The maximum Gasteiger partial charge on any atom is 0.228 e. The van der Waals surface area contributed by atoms with E-state index in [1.165, 1.54) is 17.5 Å². The van der Waals surface area contributed by atoms with Gasteiger partial charge in [0.05, 0.1) is 31.1 Å². The highest BCUT2D eigenvalue weighted by Gasteiger charge is 2.27. The van der Waals surface area contributed by atoms with Crippen LogP contribution in [0.1, 0.15) is 59.8 Å². The Hall–Kier alpha value is -4.07. The average molecular weight is 648 g/mol. The number of ketones is 1. The molecule has 1 aromatic carbocycles. The second-order valence-corrected chi connectivity index (χ2v) is 13.0. The van der Waals surface area contributed by atoms with Crippen molar-refractivity contribution in [3.63, 3.8) is 0 Å². The van der Waals surface area contributed by atoms with Gasteiger partial charge >= 0.3 is 0 Å². The van der Waals surface area contributed by atoms with Crippen LogP contribution in [-0.4, -0.2) is 106 Å². The van der Waals surface area contributed by atoms with Crippen molar-refractivity contribution in [2.45, 2.75) is 65.3 Å². The number of oxazole rings is 1. The largest absolute Gasteiger partial charge is 0.486 e. The average Bonchev–Trinajstić information content (AvgIpc) is 3.48. The summed E-state index contributed by atoms with van der Waals surface area (Å²) < 4.78 is 16.6. The van der Waals surface area contributed by atoms with Crippen LogP contribution >= 0.6 is 0 Å². The molecule has 1 atom stereocenters. The third-order valence-electron chi connectivity index (χ3n) is 9.02. The first-order valence-electron chi connectivity index (χ1n) is 16.6. The number of ether oxygens (including phenoxy) is 2. The highest BCUT2D eigenvalue weighted by Crippen LogP contribution is 2.26. The van der Waals surface area contributed by atoms with Crippen LogP contribution in [0.15, 0.2) is 35.1 Å². The Labute approximate surface area is 275 Å². The Morgan fingerprint density at radius 2 is 1.89 bits per heavy atom. The van der Waals surface area contributed by atoms with Crippen LogP contribution < -0.4 is 15.0 Å². The number of aliphatic hydroxyl groups excluding tert-OH is 1. The number of fused-ring (bicyclic) bond motifs is 1. The molecule has 3 aliphatic rings. The molecule has 2 N–H and O–H groups in total. The smallest absolute Gasteiger partial charge is 0.228 e. The molecular formula is C34H45N7O6. The van der Waals surface area contributed by atoms with Gasteiger partial charge in [-0.15, -0.1) is 0 Å².